The van der Waals surface area contributed by atoms with E-state index in [2.05, 4.69) is 74.5 Å². The number of halogens is 4. The molecule has 0 aromatic heterocycles. The number of unbranched alkanes of at least 4 members (excludes halogenated alkanes) is 1. The first kappa shape index (κ1) is 31.2. The van der Waals surface area contributed by atoms with Crippen LogP contribution in [0.5, 0.6) is 0 Å². The molecule has 0 unspecified atom stereocenters. The smallest absolute Gasteiger partial charge is 0.281 e. The Hall–Kier alpha value is -1.31. The van der Waals surface area contributed by atoms with Crippen LogP contribution in [0.2, 0.25) is 0 Å². The van der Waals surface area contributed by atoms with Gasteiger partial charge in [0, 0.05) is 54.8 Å². The maximum absolute atomic E-state index is 12.9. The zero-order valence-corrected chi connectivity index (χ0v) is 28.1. The maximum Gasteiger partial charge on any atom is 0.281 e. The van der Waals surface area contributed by atoms with E-state index in [1.165, 1.54) is 0 Å². The number of hydrogen-bond acceptors (Lipinski definition) is 5. The average Bonchev–Trinajstić information content (AvgIpc) is 3.01. The summed E-state index contributed by atoms with van der Waals surface area (Å²) in [5.74, 6) is -1.86. The highest BCUT2D eigenvalue weighted by Gasteiger charge is 2.47. The molecule has 0 atom stereocenters. The maximum atomic E-state index is 12.9. The van der Waals surface area contributed by atoms with Crippen LogP contribution in [0.3, 0.4) is 0 Å². The zero-order valence-electron chi connectivity index (χ0n) is 21.8. The lowest BCUT2D eigenvalue weighted by Crippen LogP contribution is -2.65. The first-order valence-electron chi connectivity index (χ1n) is 12.1. The van der Waals surface area contributed by atoms with E-state index in [-0.39, 0.29) is 52.9 Å². The van der Waals surface area contributed by atoms with Crippen LogP contribution in [-0.2, 0) is 14.4 Å². The molecule has 5 amide bonds. The molecule has 0 aliphatic carbocycles. The lowest BCUT2D eigenvalue weighted by Gasteiger charge is -2.55. The highest BCUT2D eigenvalue weighted by molar-refractivity contribution is 9.15. The Labute approximate surface area is 255 Å². The minimum absolute atomic E-state index is 0.0188. The number of carbonyl (C=O) groups excluding carboxylic acids is 5. The molecule has 9 nitrogen and oxygen atoms in total. The second-order valence-corrected chi connectivity index (χ2v) is 14.0. The van der Waals surface area contributed by atoms with Gasteiger partial charge >= 0.3 is 0 Å². The Morgan fingerprint density at radius 3 is 1.63 bits per heavy atom. The highest BCUT2D eigenvalue weighted by atomic mass is 79.9. The van der Waals surface area contributed by atoms with Crippen molar-refractivity contribution >= 4 is 93.3 Å². The van der Waals surface area contributed by atoms with Gasteiger partial charge in [-0.3, -0.25) is 29.4 Å². The van der Waals surface area contributed by atoms with Gasteiger partial charge in [0.1, 0.15) is 0 Å². The van der Waals surface area contributed by atoms with Crippen molar-refractivity contribution in [3.63, 3.8) is 0 Å². The summed E-state index contributed by atoms with van der Waals surface area (Å²) in [4.78, 5) is 64.9. The van der Waals surface area contributed by atoms with E-state index in [4.69, 9.17) is 0 Å². The molecule has 1 fully saturated rings. The fraction of sp³-hybridized carbons (Fsp3) is 0.560. The van der Waals surface area contributed by atoms with Gasteiger partial charge in [0.2, 0.25) is 17.7 Å². The van der Waals surface area contributed by atoms with Crippen LogP contribution in [0.1, 0.15) is 93.9 Å². The van der Waals surface area contributed by atoms with Gasteiger partial charge < -0.3 is 10.2 Å². The summed E-state index contributed by atoms with van der Waals surface area (Å²) >= 11 is 13.4. The summed E-state index contributed by atoms with van der Waals surface area (Å²) in [5.41, 5.74) is 1.92. The van der Waals surface area contributed by atoms with Crippen LogP contribution in [-0.4, -0.2) is 56.6 Å². The minimum Gasteiger partial charge on any atom is -0.353 e. The molecule has 3 rings (SSSR count). The predicted octanol–water partition coefficient (Wildman–Crippen LogP) is 5.61. The molecule has 0 bridgehead atoms. The van der Waals surface area contributed by atoms with Gasteiger partial charge in [-0.05, 0) is 117 Å². The van der Waals surface area contributed by atoms with Crippen molar-refractivity contribution in [3.8, 4) is 0 Å². The molecule has 0 saturated carbocycles. The topological polar surface area (TPSA) is 116 Å². The number of hydrazine groups is 1. The van der Waals surface area contributed by atoms with Crippen molar-refractivity contribution in [3.05, 3.63) is 29.0 Å². The Morgan fingerprint density at radius 2 is 1.21 bits per heavy atom. The molecule has 1 saturated heterocycles. The monoisotopic (exact) mass is 782 g/mol. The molecule has 2 N–H and O–H groups in total. The van der Waals surface area contributed by atoms with Crippen molar-refractivity contribution < 1.29 is 24.0 Å². The van der Waals surface area contributed by atoms with Gasteiger partial charge in [-0.15, -0.1) is 0 Å². The van der Waals surface area contributed by atoms with Crippen LogP contribution in [0, 0.1) is 0 Å². The van der Waals surface area contributed by atoms with E-state index in [0.717, 1.165) is 0 Å². The number of fused-ring (bicyclic) bond motifs is 1. The largest absolute Gasteiger partial charge is 0.353 e. The molecule has 2 heterocycles. The van der Waals surface area contributed by atoms with E-state index < -0.39 is 17.7 Å². The highest BCUT2D eigenvalue weighted by Crippen LogP contribution is 2.45. The minimum atomic E-state index is -0.639. The Kier molecular flexibility index (Phi) is 9.58. The van der Waals surface area contributed by atoms with Gasteiger partial charge in [-0.25, -0.2) is 0 Å². The molecule has 0 radical (unpaired) electrons. The number of nitrogens with zero attached hydrogens (tertiary/aromatic N) is 2. The lowest BCUT2D eigenvalue weighted by molar-refractivity contribution is -0.148. The summed E-state index contributed by atoms with van der Waals surface area (Å²) in [6, 6.07) is -0.0565. The molecule has 1 aromatic carbocycles. The van der Waals surface area contributed by atoms with Crippen molar-refractivity contribution in [2.24, 2.45) is 0 Å². The molecule has 208 valence electrons. The molecule has 13 heteroatoms. The Morgan fingerprint density at radius 1 is 0.789 bits per heavy atom. The SMILES string of the molecule is CC(=O)N1C(C)(C)CC(NC(=O)CCCCC(=O)NN2C(=O)c3c(Br)c(Br)c(Br)c(Br)c3C2=O)CC1(C)C. The van der Waals surface area contributed by atoms with Gasteiger partial charge in [0.05, 0.1) is 11.1 Å². The molecule has 2 aliphatic heterocycles. The van der Waals surface area contributed by atoms with E-state index >= 15 is 0 Å². The van der Waals surface area contributed by atoms with Crippen LogP contribution in [0.15, 0.2) is 17.9 Å². The third-order valence-electron chi connectivity index (χ3n) is 6.78. The van der Waals surface area contributed by atoms with Crippen LogP contribution in [0.4, 0.5) is 0 Å². The summed E-state index contributed by atoms with van der Waals surface area (Å²) in [6.07, 6.45) is 2.49. The number of nitrogens with one attached hydrogen (secondary N) is 2. The average molecular weight is 786 g/mol. The summed E-state index contributed by atoms with van der Waals surface area (Å²) in [6.45, 7) is 9.61. The molecule has 0 spiro atoms. The molecule has 38 heavy (non-hydrogen) atoms. The quantitative estimate of drug-likeness (QED) is 0.162. The number of imide groups is 1. The molecule has 2 aliphatic rings. The second kappa shape index (κ2) is 11.7. The molecule has 1 aromatic rings. The number of hydrogen-bond donors (Lipinski definition) is 2. The number of piperidine rings is 1. The fourth-order valence-corrected chi connectivity index (χ4v) is 8.19. The zero-order chi connectivity index (χ0) is 28.7. The third-order valence-corrected chi connectivity index (χ3v) is 11.5. The standard InChI is InChI=1S/C25H30Br4N4O5/c1-12(34)33-24(2,3)10-13(11-25(33,4)5)30-14(35)8-6-7-9-15(36)31-32-22(37)16-17(23(32)38)19(27)21(29)20(28)18(16)26/h13H,6-11H2,1-5H3,(H,30,35)(H,31,36). The normalized spacial score (nSPS) is 18.4. The van der Waals surface area contributed by atoms with Crippen molar-refractivity contribution in [1.82, 2.24) is 20.7 Å². The Bertz CT molecular complexity index is 1150. The van der Waals surface area contributed by atoms with Crippen LogP contribution in [0.25, 0.3) is 0 Å². The summed E-state index contributed by atoms with van der Waals surface area (Å²) in [7, 11) is 0. The molecular weight excluding hydrogens is 756 g/mol. The van der Waals surface area contributed by atoms with E-state index in [1.807, 2.05) is 32.6 Å². The van der Waals surface area contributed by atoms with Crippen molar-refractivity contribution in [2.75, 3.05) is 0 Å². The van der Waals surface area contributed by atoms with Gasteiger partial charge in [-0.1, -0.05) is 0 Å². The third kappa shape index (κ3) is 6.20. The van der Waals surface area contributed by atoms with Crippen molar-refractivity contribution in [2.45, 2.75) is 90.3 Å². The van der Waals surface area contributed by atoms with E-state index in [9.17, 15) is 24.0 Å². The summed E-state index contributed by atoms with van der Waals surface area (Å²) < 4.78 is 1.93. The second-order valence-electron chi connectivity index (χ2n) is 10.8. The number of carbonyl (C=O) groups is 5. The predicted molar refractivity (Wildman–Crippen MR) is 156 cm³/mol. The summed E-state index contributed by atoms with van der Waals surface area (Å²) in [5, 5.41) is 3.80. The number of rotatable bonds is 7. The molecular formula is C25H30Br4N4O5. The lowest BCUT2D eigenvalue weighted by atomic mass is 9.77. The fourth-order valence-electron chi connectivity index (χ4n) is 5.74. The van der Waals surface area contributed by atoms with E-state index in [1.54, 1.807) is 6.92 Å². The van der Waals surface area contributed by atoms with Gasteiger partial charge in [0.15, 0.2) is 0 Å². The van der Waals surface area contributed by atoms with Gasteiger partial charge in [0.25, 0.3) is 11.8 Å². The van der Waals surface area contributed by atoms with Gasteiger partial charge in [-0.2, -0.15) is 5.01 Å². The first-order chi connectivity index (χ1) is 17.5. The number of likely N-dealkylation sites (tertiary alicyclic amines) is 1. The van der Waals surface area contributed by atoms with Crippen molar-refractivity contribution in [1.29, 1.82) is 0 Å². The Balaban J connectivity index is 1.49. The van der Waals surface area contributed by atoms with E-state index in [0.29, 0.717) is 48.6 Å². The number of amides is 5. The first-order valence-corrected chi connectivity index (χ1v) is 15.3. The van der Waals surface area contributed by atoms with Crippen LogP contribution < -0.4 is 10.7 Å². The van der Waals surface area contributed by atoms with Crippen LogP contribution >= 0.6 is 63.7 Å². The number of benzene rings is 1.